The molecule has 0 bridgehead atoms. The van der Waals surface area contributed by atoms with Gasteiger partial charge in [-0.05, 0) is 18.6 Å². The van der Waals surface area contributed by atoms with Gasteiger partial charge >= 0.3 is 0 Å². The van der Waals surface area contributed by atoms with E-state index in [9.17, 15) is 10.1 Å². The molecule has 2 aliphatic rings. The SMILES string of the molecule is N#Cc1ccccc1N1CCCN(C(=O)[C@@H]2COCCO2)CC1. The van der Waals surface area contributed by atoms with Gasteiger partial charge in [-0.25, -0.2) is 0 Å². The fraction of sp³-hybridized carbons (Fsp3) is 0.529. The van der Waals surface area contributed by atoms with Crippen LogP contribution in [-0.4, -0.2) is 62.9 Å². The molecule has 2 saturated heterocycles. The van der Waals surface area contributed by atoms with E-state index < -0.39 is 6.10 Å². The minimum absolute atomic E-state index is 0.0140. The smallest absolute Gasteiger partial charge is 0.254 e. The lowest BCUT2D eigenvalue weighted by Crippen LogP contribution is -2.46. The van der Waals surface area contributed by atoms with Gasteiger partial charge in [0.1, 0.15) is 6.07 Å². The van der Waals surface area contributed by atoms with Crippen molar-refractivity contribution >= 4 is 11.6 Å². The number of anilines is 1. The molecule has 0 aromatic heterocycles. The van der Waals surface area contributed by atoms with E-state index in [4.69, 9.17) is 9.47 Å². The van der Waals surface area contributed by atoms with Crippen LogP contribution < -0.4 is 4.90 Å². The second-order valence-corrected chi connectivity index (χ2v) is 5.73. The number of nitriles is 1. The van der Waals surface area contributed by atoms with E-state index in [1.54, 1.807) is 0 Å². The summed E-state index contributed by atoms with van der Waals surface area (Å²) in [6, 6.07) is 9.85. The zero-order valence-electron chi connectivity index (χ0n) is 13.1. The Morgan fingerprint density at radius 2 is 2.04 bits per heavy atom. The Bertz CT molecular complexity index is 593. The molecule has 0 unspecified atom stereocenters. The maximum atomic E-state index is 12.5. The Kier molecular flexibility index (Phi) is 5.11. The summed E-state index contributed by atoms with van der Waals surface area (Å²) in [7, 11) is 0. The van der Waals surface area contributed by atoms with Gasteiger partial charge in [-0.15, -0.1) is 0 Å². The van der Waals surface area contributed by atoms with E-state index in [0.717, 1.165) is 25.2 Å². The molecule has 2 heterocycles. The van der Waals surface area contributed by atoms with Crippen LogP contribution in [0.25, 0.3) is 0 Å². The molecule has 1 atom stereocenters. The van der Waals surface area contributed by atoms with Crippen molar-refractivity contribution in [3.05, 3.63) is 29.8 Å². The lowest BCUT2D eigenvalue weighted by atomic mass is 10.1. The number of benzene rings is 1. The standard InChI is InChI=1S/C17H21N3O3/c18-12-14-4-1-2-5-15(14)19-6-3-7-20(9-8-19)17(21)16-13-22-10-11-23-16/h1-2,4-5,16H,3,6-11,13H2/t16-/m0/s1. The lowest BCUT2D eigenvalue weighted by molar-refractivity contribution is -0.157. The molecule has 122 valence electrons. The minimum Gasteiger partial charge on any atom is -0.376 e. The third-order valence-corrected chi connectivity index (χ3v) is 4.26. The minimum atomic E-state index is -0.471. The van der Waals surface area contributed by atoms with E-state index in [0.29, 0.717) is 38.5 Å². The fourth-order valence-corrected chi connectivity index (χ4v) is 3.06. The first-order valence-electron chi connectivity index (χ1n) is 8.02. The zero-order chi connectivity index (χ0) is 16.1. The van der Waals surface area contributed by atoms with Gasteiger partial charge in [-0.1, -0.05) is 12.1 Å². The third kappa shape index (κ3) is 3.63. The predicted octanol–water partition coefficient (Wildman–Crippen LogP) is 1.01. The van der Waals surface area contributed by atoms with Crippen LogP contribution in [0.4, 0.5) is 5.69 Å². The Labute approximate surface area is 136 Å². The van der Waals surface area contributed by atoms with Crippen molar-refractivity contribution < 1.29 is 14.3 Å². The first-order valence-corrected chi connectivity index (χ1v) is 8.02. The predicted molar refractivity (Wildman–Crippen MR) is 85.1 cm³/mol. The summed E-state index contributed by atoms with van der Waals surface area (Å²) in [5.41, 5.74) is 1.62. The van der Waals surface area contributed by atoms with Gasteiger partial charge in [0.2, 0.25) is 0 Å². The molecule has 23 heavy (non-hydrogen) atoms. The van der Waals surface area contributed by atoms with Crippen LogP contribution in [0.2, 0.25) is 0 Å². The summed E-state index contributed by atoms with van der Waals surface area (Å²) in [4.78, 5) is 16.6. The first-order chi connectivity index (χ1) is 11.3. The lowest BCUT2D eigenvalue weighted by Gasteiger charge is -2.29. The van der Waals surface area contributed by atoms with Gasteiger partial charge < -0.3 is 19.3 Å². The van der Waals surface area contributed by atoms with Crippen molar-refractivity contribution in [2.24, 2.45) is 0 Å². The zero-order valence-corrected chi connectivity index (χ0v) is 13.1. The monoisotopic (exact) mass is 315 g/mol. The summed E-state index contributed by atoms with van der Waals surface area (Å²) in [5, 5.41) is 9.26. The van der Waals surface area contributed by atoms with Gasteiger partial charge in [0.25, 0.3) is 5.91 Å². The number of para-hydroxylation sites is 1. The number of nitrogens with zero attached hydrogens (tertiary/aromatic N) is 3. The van der Waals surface area contributed by atoms with Gasteiger partial charge in [-0.3, -0.25) is 4.79 Å². The van der Waals surface area contributed by atoms with Gasteiger partial charge in [0.15, 0.2) is 6.10 Å². The summed E-state index contributed by atoms with van der Waals surface area (Å²) in [6.45, 7) is 4.29. The summed E-state index contributed by atoms with van der Waals surface area (Å²) < 4.78 is 10.8. The highest BCUT2D eigenvalue weighted by Gasteiger charge is 2.29. The average molecular weight is 315 g/mol. The maximum absolute atomic E-state index is 12.5. The molecule has 3 rings (SSSR count). The van der Waals surface area contributed by atoms with E-state index >= 15 is 0 Å². The number of carbonyl (C=O) groups is 1. The number of carbonyl (C=O) groups excluding carboxylic acids is 1. The van der Waals surface area contributed by atoms with Crippen molar-refractivity contribution in [2.45, 2.75) is 12.5 Å². The molecule has 6 heteroatoms. The molecule has 1 aromatic rings. The molecule has 6 nitrogen and oxygen atoms in total. The van der Waals surface area contributed by atoms with Gasteiger partial charge in [0, 0.05) is 26.2 Å². The van der Waals surface area contributed by atoms with Crippen LogP contribution in [0.5, 0.6) is 0 Å². The molecule has 0 N–H and O–H groups in total. The summed E-state index contributed by atoms with van der Waals surface area (Å²) >= 11 is 0. The van der Waals surface area contributed by atoms with Crippen LogP contribution in [0.3, 0.4) is 0 Å². The van der Waals surface area contributed by atoms with Crippen LogP contribution in [0, 0.1) is 11.3 Å². The average Bonchev–Trinajstić information content (AvgIpc) is 2.88. The topological polar surface area (TPSA) is 65.8 Å². The molecule has 0 radical (unpaired) electrons. The van der Waals surface area contributed by atoms with Crippen molar-refractivity contribution in [1.29, 1.82) is 5.26 Å². The molecule has 2 aliphatic heterocycles. The first kappa shape index (κ1) is 15.8. The van der Waals surface area contributed by atoms with Gasteiger partial charge in [-0.2, -0.15) is 5.26 Å². The van der Waals surface area contributed by atoms with E-state index in [-0.39, 0.29) is 5.91 Å². The van der Waals surface area contributed by atoms with E-state index in [1.165, 1.54) is 0 Å². The number of ether oxygens (including phenoxy) is 2. The number of hydrogen-bond acceptors (Lipinski definition) is 5. The molecular weight excluding hydrogens is 294 g/mol. The van der Waals surface area contributed by atoms with Crippen LogP contribution in [-0.2, 0) is 14.3 Å². The maximum Gasteiger partial charge on any atom is 0.254 e. The Morgan fingerprint density at radius 1 is 1.17 bits per heavy atom. The fourth-order valence-electron chi connectivity index (χ4n) is 3.06. The van der Waals surface area contributed by atoms with Crippen molar-refractivity contribution in [3.63, 3.8) is 0 Å². The normalized spacial score (nSPS) is 22.3. The summed E-state index contributed by atoms with van der Waals surface area (Å²) in [6.07, 6.45) is 0.403. The van der Waals surface area contributed by atoms with Crippen LogP contribution in [0.1, 0.15) is 12.0 Å². The highest BCUT2D eigenvalue weighted by Crippen LogP contribution is 2.21. The largest absolute Gasteiger partial charge is 0.376 e. The Morgan fingerprint density at radius 3 is 2.83 bits per heavy atom. The molecular formula is C17H21N3O3. The molecule has 0 saturated carbocycles. The summed E-state index contributed by atoms with van der Waals surface area (Å²) in [5.74, 6) is 0.0140. The van der Waals surface area contributed by atoms with Crippen LogP contribution >= 0.6 is 0 Å². The van der Waals surface area contributed by atoms with Crippen molar-refractivity contribution in [3.8, 4) is 6.07 Å². The van der Waals surface area contributed by atoms with Gasteiger partial charge in [0.05, 0.1) is 31.1 Å². The number of hydrogen-bond donors (Lipinski definition) is 0. The number of amides is 1. The molecule has 2 fully saturated rings. The Hall–Kier alpha value is -2.10. The molecule has 0 spiro atoms. The van der Waals surface area contributed by atoms with E-state index in [1.807, 2.05) is 29.2 Å². The van der Waals surface area contributed by atoms with Crippen molar-refractivity contribution in [2.75, 3.05) is 50.9 Å². The Balaban J connectivity index is 1.65. The second-order valence-electron chi connectivity index (χ2n) is 5.73. The quantitative estimate of drug-likeness (QED) is 0.815. The third-order valence-electron chi connectivity index (χ3n) is 4.26. The van der Waals surface area contributed by atoms with E-state index in [2.05, 4.69) is 11.0 Å². The molecule has 1 aromatic carbocycles. The molecule has 0 aliphatic carbocycles. The molecule has 1 amide bonds. The highest BCUT2D eigenvalue weighted by atomic mass is 16.6. The highest BCUT2D eigenvalue weighted by molar-refractivity contribution is 5.81. The van der Waals surface area contributed by atoms with Crippen LogP contribution in [0.15, 0.2) is 24.3 Å². The van der Waals surface area contributed by atoms with Crippen molar-refractivity contribution in [1.82, 2.24) is 4.90 Å². The number of rotatable bonds is 2. The second kappa shape index (κ2) is 7.44.